The van der Waals surface area contributed by atoms with E-state index in [2.05, 4.69) is 19.1 Å². The van der Waals surface area contributed by atoms with E-state index in [1.54, 1.807) is 0 Å². The summed E-state index contributed by atoms with van der Waals surface area (Å²) in [5.74, 6) is -0.140. The van der Waals surface area contributed by atoms with Gasteiger partial charge in [0, 0.05) is 6.42 Å². The minimum absolute atomic E-state index is 0.140. The maximum absolute atomic E-state index is 11.8. The molecule has 0 aromatic rings. The van der Waals surface area contributed by atoms with E-state index < -0.39 is 6.10 Å². The van der Waals surface area contributed by atoms with Crippen molar-refractivity contribution in [2.75, 3.05) is 53.6 Å². The van der Waals surface area contributed by atoms with Crippen LogP contribution in [0.5, 0.6) is 0 Å². The number of aliphatic hydroxyl groups excluding tert-OH is 2. The van der Waals surface area contributed by atoms with Crippen LogP contribution in [-0.2, 0) is 14.3 Å². The van der Waals surface area contributed by atoms with E-state index in [1.165, 1.54) is 70.6 Å². The standard InChI is InChI=1S/C27H54NO5/c1-4-5-6-7-8-9-10-11-12-13-14-15-16-17-18-19-27(31)33-23-22-32-21-20-28(2,3)24-26(30)25-29/h11-12,26,29-30H,4-10,13-25H2,1-3H3/q+1/b12-11-. The van der Waals surface area contributed by atoms with Gasteiger partial charge in [0.05, 0.1) is 33.9 Å². The van der Waals surface area contributed by atoms with Gasteiger partial charge in [0.2, 0.25) is 0 Å². The summed E-state index contributed by atoms with van der Waals surface area (Å²) in [5, 5.41) is 18.5. The lowest BCUT2D eigenvalue weighted by Crippen LogP contribution is -2.48. The second-order valence-corrected chi connectivity index (χ2v) is 9.85. The number of unbranched alkanes of at least 4 members (excludes halogenated alkanes) is 11. The molecule has 0 heterocycles. The molecule has 0 aromatic heterocycles. The number of carbonyl (C=O) groups excluding carboxylic acids is 1. The lowest BCUT2D eigenvalue weighted by Gasteiger charge is -2.31. The highest BCUT2D eigenvalue weighted by Gasteiger charge is 2.19. The average molecular weight is 473 g/mol. The van der Waals surface area contributed by atoms with Crippen molar-refractivity contribution in [3.05, 3.63) is 12.2 Å². The van der Waals surface area contributed by atoms with Crippen LogP contribution in [0.2, 0.25) is 0 Å². The van der Waals surface area contributed by atoms with Crippen molar-refractivity contribution in [1.82, 2.24) is 0 Å². The van der Waals surface area contributed by atoms with Crippen molar-refractivity contribution < 1.29 is 29.0 Å². The third-order valence-corrected chi connectivity index (χ3v) is 5.89. The second kappa shape index (κ2) is 22.8. The zero-order chi connectivity index (χ0) is 24.6. The Morgan fingerprint density at radius 3 is 2.03 bits per heavy atom. The van der Waals surface area contributed by atoms with Crippen molar-refractivity contribution >= 4 is 5.97 Å². The Hall–Kier alpha value is -0.950. The number of rotatable bonds is 24. The summed E-state index contributed by atoms with van der Waals surface area (Å²) < 4.78 is 11.3. The normalized spacial score (nSPS) is 13.0. The van der Waals surface area contributed by atoms with Crippen LogP contribution in [0, 0.1) is 0 Å². The maximum Gasteiger partial charge on any atom is 0.305 e. The van der Waals surface area contributed by atoms with Gasteiger partial charge in [0.1, 0.15) is 25.8 Å². The van der Waals surface area contributed by atoms with Crippen LogP contribution in [0.15, 0.2) is 12.2 Å². The summed E-state index contributed by atoms with van der Waals surface area (Å²) in [4.78, 5) is 11.8. The summed E-state index contributed by atoms with van der Waals surface area (Å²) in [5.41, 5.74) is 0. The van der Waals surface area contributed by atoms with Crippen molar-refractivity contribution in [3.63, 3.8) is 0 Å². The van der Waals surface area contributed by atoms with Crippen LogP contribution < -0.4 is 0 Å². The number of hydrogen-bond acceptors (Lipinski definition) is 5. The molecular weight excluding hydrogens is 418 g/mol. The lowest BCUT2D eigenvalue weighted by atomic mass is 10.1. The van der Waals surface area contributed by atoms with E-state index in [4.69, 9.17) is 14.6 Å². The number of aliphatic hydroxyl groups is 2. The molecule has 2 N–H and O–H groups in total. The van der Waals surface area contributed by atoms with Crippen LogP contribution >= 0.6 is 0 Å². The van der Waals surface area contributed by atoms with Gasteiger partial charge in [-0.15, -0.1) is 0 Å². The van der Waals surface area contributed by atoms with Crippen LogP contribution in [0.25, 0.3) is 0 Å². The third-order valence-electron chi connectivity index (χ3n) is 5.89. The molecule has 0 radical (unpaired) electrons. The first-order valence-electron chi connectivity index (χ1n) is 13.4. The number of nitrogens with zero attached hydrogens (tertiary/aromatic N) is 1. The molecule has 0 aliphatic heterocycles. The highest BCUT2D eigenvalue weighted by atomic mass is 16.6. The zero-order valence-electron chi connectivity index (χ0n) is 21.9. The molecule has 196 valence electrons. The quantitative estimate of drug-likeness (QED) is 0.0893. The molecule has 6 nitrogen and oxygen atoms in total. The van der Waals surface area contributed by atoms with E-state index >= 15 is 0 Å². The van der Waals surface area contributed by atoms with Crippen LogP contribution in [-0.4, -0.2) is 80.4 Å². The molecule has 0 saturated carbocycles. The number of ether oxygens (including phenoxy) is 2. The Balaban J connectivity index is 3.39. The van der Waals surface area contributed by atoms with Crippen molar-refractivity contribution in [3.8, 4) is 0 Å². The van der Waals surface area contributed by atoms with Gasteiger partial charge in [0.25, 0.3) is 0 Å². The minimum atomic E-state index is -0.711. The van der Waals surface area contributed by atoms with E-state index in [0.29, 0.717) is 30.7 Å². The zero-order valence-corrected chi connectivity index (χ0v) is 21.9. The van der Waals surface area contributed by atoms with Crippen molar-refractivity contribution in [1.29, 1.82) is 0 Å². The van der Waals surface area contributed by atoms with Gasteiger partial charge in [-0.25, -0.2) is 0 Å². The fourth-order valence-electron chi connectivity index (χ4n) is 3.76. The molecule has 33 heavy (non-hydrogen) atoms. The number of esters is 1. The predicted octanol–water partition coefficient (Wildman–Crippen LogP) is 5.01. The summed E-state index contributed by atoms with van der Waals surface area (Å²) in [7, 11) is 3.96. The van der Waals surface area contributed by atoms with Crippen LogP contribution in [0.4, 0.5) is 0 Å². The van der Waals surface area contributed by atoms with Gasteiger partial charge < -0.3 is 24.2 Å². The number of quaternary nitrogens is 1. The van der Waals surface area contributed by atoms with E-state index in [1.807, 2.05) is 14.1 Å². The maximum atomic E-state index is 11.8. The Bertz CT molecular complexity index is 467. The van der Waals surface area contributed by atoms with Gasteiger partial charge >= 0.3 is 5.97 Å². The summed E-state index contributed by atoms with van der Waals surface area (Å²) >= 11 is 0. The molecule has 0 amide bonds. The summed E-state index contributed by atoms with van der Waals surface area (Å²) in [6.45, 7) is 4.43. The number of hydrogen-bond donors (Lipinski definition) is 2. The number of carbonyl (C=O) groups is 1. The lowest BCUT2D eigenvalue weighted by molar-refractivity contribution is -0.893. The molecule has 0 rings (SSSR count). The highest BCUT2D eigenvalue weighted by Crippen LogP contribution is 2.10. The topological polar surface area (TPSA) is 76.0 Å². The molecular formula is C27H54NO5+. The molecule has 1 atom stereocenters. The third kappa shape index (κ3) is 24.0. The SMILES string of the molecule is CCCCCCCC/C=C\CCCCCCCC(=O)OCCOCC[N+](C)(C)CC(O)CO. The van der Waals surface area contributed by atoms with Crippen LogP contribution in [0.1, 0.15) is 96.8 Å². The van der Waals surface area contributed by atoms with Gasteiger partial charge in [-0.1, -0.05) is 70.4 Å². The van der Waals surface area contributed by atoms with Gasteiger partial charge in [-0.2, -0.15) is 0 Å². The fraction of sp³-hybridized carbons (Fsp3) is 0.889. The smallest absolute Gasteiger partial charge is 0.305 e. The molecule has 6 heteroatoms. The van der Waals surface area contributed by atoms with E-state index in [0.717, 1.165) is 19.4 Å². The molecule has 0 aliphatic carbocycles. The highest BCUT2D eigenvalue weighted by molar-refractivity contribution is 5.69. The summed E-state index contributed by atoms with van der Waals surface area (Å²) in [6.07, 6.45) is 20.7. The van der Waals surface area contributed by atoms with Gasteiger partial charge in [-0.05, 0) is 32.1 Å². The van der Waals surface area contributed by atoms with E-state index in [9.17, 15) is 9.90 Å². The first-order valence-corrected chi connectivity index (χ1v) is 13.4. The first kappa shape index (κ1) is 32.0. The Kier molecular flexibility index (Phi) is 22.2. The Morgan fingerprint density at radius 2 is 1.42 bits per heavy atom. The van der Waals surface area contributed by atoms with Crippen molar-refractivity contribution in [2.24, 2.45) is 0 Å². The summed E-state index contributed by atoms with van der Waals surface area (Å²) in [6, 6.07) is 0. The number of likely N-dealkylation sites (N-methyl/N-ethyl adjacent to an activating group) is 1. The molecule has 0 bridgehead atoms. The molecule has 0 aliphatic rings. The van der Waals surface area contributed by atoms with E-state index in [-0.39, 0.29) is 19.2 Å². The molecule has 0 aromatic carbocycles. The molecule has 0 fully saturated rings. The average Bonchev–Trinajstić information content (AvgIpc) is 2.78. The van der Waals surface area contributed by atoms with Gasteiger partial charge in [0.15, 0.2) is 0 Å². The molecule has 0 spiro atoms. The first-order chi connectivity index (χ1) is 15.9. The molecule has 0 saturated heterocycles. The fourth-order valence-corrected chi connectivity index (χ4v) is 3.76. The Labute approximate surface area is 203 Å². The minimum Gasteiger partial charge on any atom is -0.463 e. The predicted molar refractivity (Wildman–Crippen MR) is 136 cm³/mol. The monoisotopic (exact) mass is 472 g/mol. The second-order valence-electron chi connectivity index (χ2n) is 9.85. The Morgan fingerprint density at radius 1 is 0.848 bits per heavy atom. The number of allylic oxidation sites excluding steroid dienone is 2. The van der Waals surface area contributed by atoms with Crippen LogP contribution in [0.3, 0.4) is 0 Å². The van der Waals surface area contributed by atoms with Gasteiger partial charge in [-0.3, -0.25) is 4.79 Å². The largest absolute Gasteiger partial charge is 0.463 e. The molecule has 1 unspecified atom stereocenters. The van der Waals surface area contributed by atoms with Crippen molar-refractivity contribution in [2.45, 2.75) is 103 Å².